The molecule has 0 aromatic carbocycles. The van der Waals surface area contributed by atoms with Crippen molar-refractivity contribution in [2.45, 2.75) is 25.5 Å². The molecule has 1 fully saturated rings. The van der Waals surface area contributed by atoms with Gasteiger partial charge in [-0.05, 0) is 13.3 Å². The Bertz CT molecular complexity index is 344. The molecule has 0 amide bonds. The predicted molar refractivity (Wildman–Crippen MR) is 52.4 cm³/mol. The Morgan fingerprint density at radius 1 is 1.57 bits per heavy atom. The van der Waals surface area contributed by atoms with E-state index in [1.165, 1.54) is 0 Å². The summed E-state index contributed by atoms with van der Waals surface area (Å²) in [7, 11) is -3.08. The van der Waals surface area contributed by atoms with E-state index in [0.717, 1.165) is 0 Å². The molecule has 0 unspecified atom stereocenters. The van der Waals surface area contributed by atoms with Crippen molar-refractivity contribution < 1.29 is 13.2 Å². The third-order valence-electron chi connectivity index (χ3n) is 2.63. The van der Waals surface area contributed by atoms with Crippen LogP contribution in [0, 0.1) is 16.7 Å². The van der Waals surface area contributed by atoms with Crippen molar-refractivity contribution in [1.82, 2.24) is 0 Å². The highest BCUT2D eigenvalue weighted by Gasteiger charge is 2.61. The van der Waals surface area contributed by atoms with E-state index in [0.29, 0.717) is 13.0 Å². The number of hydrogen-bond donors (Lipinski definition) is 0. The number of sulfone groups is 1. The molecule has 0 aliphatic heterocycles. The molecule has 0 saturated heterocycles. The molecule has 1 aliphatic rings. The Hall–Kier alpha value is -0.600. The Morgan fingerprint density at radius 2 is 2.21 bits per heavy atom. The van der Waals surface area contributed by atoms with E-state index >= 15 is 0 Å². The zero-order valence-electron chi connectivity index (χ0n) is 8.49. The molecule has 0 heterocycles. The molecule has 2 atom stereocenters. The molecule has 4 nitrogen and oxygen atoms in total. The molecule has 0 radical (unpaired) electrons. The van der Waals surface area contributed by atoms with Crippen LogP contribution >= 0.6 is 0 Å². The second-order valence-electron chi connectivity index (χ2n) is 3.55. The van der Waals surface area contributed by atoms with Gasteiger partial charge in [0.2, 0.25) is 0 Å². The van der Waals surface area contributed by atoms with Crippen LogP contribution in [0.3, 0.4) is 0 Å². The smallest absolute Gasteiger partial charge is 0.154 e. The number of nitrogens with zero attached hydrogens (tertiary/aromatic N) is 1. The van der Waals surface area contributed by atoms with Crippen molar-refractivity contribution in [3.8, 4) is 6.07 Å². The van der Waals surface area contributed by atoms with Gasteiger partial charge in [-0.15, -0.1) is 0 Å². The average Bonchev–Trinajstić information content (AvgIpc) is 2.91. The van der Waals surface area contributed by atoms with Crippen LogP contribution in [0.4, 0.5) is 0 Å². The SMILES string of the molecule is CCOC[C@@]1(C#N)C[C@@H]1S(=O)(=O)CC. The Kier molecular flexibility index (Phi) is 3.17. The van der Waals surface area contributed by atoms with Crippen LogP contribution in [-0.2, 0) is 14.6 Å². The summed E-state index contributed by atoms with van der Waals surface area (Å²) >= 11 is 0. The first-order chi connectivity index (χ1) is 6.52. The number of nitriles is 1. The van der Waals surface area contributed by atoms with Crippen LogP contribution in [-0.4, -0.2) is 32.6 Å². The summed E-state index contributed by atoms with van der Waals surface area (Å²) in [6.07, 6.45) is 0.430. The van der Waals surface area contributed by atoms with Crippen molar-refractivity contribution in [1.29, 1.82) is 5.26 Å². The largest absolute Gasteiger partial charge is 0.380 e. The number of ether oxygens (including phenoxy) is 1. The molecule has 1 aliphatic carbocycles. The summed E-state index contributed by atoms with van der Waals surface area (Å²) in [6, 6.07) is 2.07. The lowest BCUT2D eigenvalue weighted by molar-refractivity contribution is 0.119. The first-order valence-corrected chi connectivity index (χ1v) is 6.44. The van der Waals surface area contributed by atoms with Gasteiger partial charge < -0.3 is 4.74 Å². The third-order valence-corrected chi connectivity index (χ3v) is 4.92. The first kappa shape index (κ1) is 11.5. The molecule has 0 aromatic heterocycles. The topological polar surface area (TPSA) is 67.2 Å². The molecular weight excluding hydrogens is 202 g/mol. The fourth-order valence-corrected chi connectivity index (χ4v) is 3.29. The van der Waals surface area contributed by atoms with Crippen LogP contribution in [0.15, 0.2) is 0 Å². The fourth-order valence-electron chi connectivity index (χ4n) is 1.53. The molecule has 0 N–H and O–H groups in total. The highest BCUT2D eigenvalue weighted by atomic mass is 32.2. The molecule has 5 heteroatoms. The molecule has 0 bridgehead atoms. The summed E-state index contributed by atoms with van der Waals surface area (Å²) < 4.78 is 28.1. The van der Waals surface area contributed by atoms with Gasteiger partial charge >= 0.3 is 0 Å². The lowest BCUT2D eigenvalue weighted by Gasteiger charge is -2.07. The lowest BCUT2D eigenvalue weighted by atomic mass is 10.1. The van der Waals surface area contributed by atoms with Crippen LogP contribution in [0.2, 0.25) is 0 Å². The fraction of sp³-hybridized carbons (Fsp3) is 0.889. The predicted octanol–water partition coefficient (Wildman–Crippen LogP) is 0.740. The maximum Gasteiger partial charge on any atom is 0.154 e. The van der Waals surface area contributed by atoms with E-state index in [4.69, 9.17) is 10.00 Å². The monoisotopic (exact) mass is 217 g/mol. The van der Waals surface area contributed by atoms with Gasteiger partial charge in [0.25, 0.3) is 0 Å². The molecule has 0 spiro atoms. The molecule has 0 aromatic rings. The van der Waals surface area contributed by atoms with E-state index in [1.807, 2.05) is 6.92 Å². The lowest BCUT2D eigenvalue weighted by Crippen LogP contribution is -2.20. The first-order valence-electron chi connectivity index (χ1n) is 4.73. The third kappa shape index (κ3) is 1.91. The Labute approximate surface area is 84.8 Å². The standard InChI is InChI=1S/C9H15NO3S/c1-3-13-7-9(6-10)5-8(9)14(11,12)4-2/h8H,3-5,7H2,1-2H3/t8-,9-/m0/s1. The van der Waals surface area contributed by atoms with E-state index in [9.17, 15) is 8.42 Å². The van der Waals surface area contributed by atoms with Gasteiger partial charge in [-0.2, -0.15) is 5.26 Å². The van der Waals surface area contributed by atoms with Crippen molar-refractivity contribution in [3.05, 3.63) is 0 Å². The minimum absolute atomic E-state index is 0.104. The summed E-state index contributed by atoms with van der Waals surface area (Å²) in [5, 5.41) is 8.41. The quantitative estimate of drug-likeness (QED) is 0.681. The van der Waals surface area contributed by atoms with Crippen molar-refractivity contribution in [2.75, 3.05) is 19.0 Å². The van der Waals surface area contributed by atoms with Crippen LogP contribution in [0.5, 0.6) is 0 Å². The van der Waals surface area contributed by atoms with Crippen LogP contribution in [0.1, 0.15) is 20.3 Å². The van der Waals surface area contributed by atoms with Crippen molar-refractivity contribution in [2.24, 2.45) is 5.41 Å². The van der Waals surface area contributed by atoms with Gasteiger partial charge in [0.1, 0.15) is 0 Å². The number of hydrogen-bond acceptors (Lipinski definition) is 4. The van der Waals surface area contributed by atoms with Crippen LogP contribution in [0.25, 0.3) is 0 Å². The van der Waals surface area contributed by atoms with E-state index in [-0.39, 0.29) is 12.4 Å². The summed E-state index contributed by atoms with van der Waals surface area (Å²) in [5.74, 6) is 0.104. The van der Waals surface area contributed by atoms with E-state index < -0.39 is 20.5 Å². The minimum Gasteiger partial charge on any atom is -0.380 e. The maximum atomic E-state index is 11.5. The summed E-state index contributed by atoms with van der Waals surface area (Å²) in [4.78, 5) is 0. The Balaban J connectivity index is 2.69. The van der Waals surface area contributed by atoms with Gasteiger partial charge in [-0.25, -0.2) is 8.42 Å². The zero-order valence-corrected chi connectivity index (χ0v) is 9.30. The molecule has 1 saturated carbocycles. The second-order valence-corrected chi connectivity index (χ2v) is 6.02. The van der Waals surface area contributed by atoms with Gasteiger partial charge in [0.05, 0.1) is 23.3 Å². The van der Waals surface area contributed by atoms with Gasteiger partial charge in [0, 0.05) is 12.4 Å². The molecule has 14 heavy (non-hydrogen) atoms. The maximum absolute atomic E-state index is 11.5. The normalized spacial score (nSPS) is 31.1. The Morgan fingerprint density at radius 3 is 2.64 bits per heavy atom. The zero-order chi connectivity index (χ0) is 10.8. The summed E-state index contributed by atoms with van der Waals surface area (Å²) in [6.45, 7) is 4.19. The number of rotatable bonds is 5. The highest BCUT2D eigenvalue weighted by Crippen LogP contribution is 2.50. The molecular formula is C9H15NO3S. The van der Waals surface area contributed by atoms with E-state index in [2.05, 4.69) is 6.07 Å². The van der Waals surface area contributed by atoms with Gasteiger partial charge in [0.15, 0.2) is 9.84 Å². The highest BCUT2D eigenvalue weighted by molar-refractivity contribution is 7.92. The average molecular weight is 217 g/mol. The second kappa shape index (κ2) is 3.87. The molecule has 80 valence electrons. The van der Waals surface area contributed by atoms with Crippen molar-refractivity contribution >= 4 is 9.84 Å². The van der Waals surface area contributed by atoms with Gasteiger partial charge in [-0.1, -0.05) is 6.92 Å². The molecule has 1 rings (SSSR count). The van der Waals surface area contributed by atoms with E-state index in [1.54, 1.807) is 6.92 Å². The van der Waals surface area contributed by atoms with Crippen LogP contribution < -0.4 is 0 Å². The summed E-state index contributed by atoms with van der Waals surface area (Å²) in [5.41, 5.74) is -0.759. The minimum atomic E-state index is -3.08. The van der Waals surface area contributed by atoms with Gasteiger partial charge in [-0.3, -0.25) is 0 Å². The van der Waals surface area contributed by atoms with Crippen molar-refractivity contribution in [3.63, 3.8) is 0 Å².